The van der Waals surface area contributed by atoms with Gasteiger partial charge in [-0.2, -0.15) is 0 Å². The van der Waals surface area contributed by atoms with Gasteiger partial charge in [0.1, 0.15) is 18.0 Å². The van der Waals surface area contributed by atoms with Gasteiger partial charge in [0.15, 0.2) is 0 Å². The minimum Gasteiger partial charge on any atom is -0.493 e. The van der Waals surface area contributed by atoms with Crippen molar-refractivity contribution in [1.29, 1.82) is 0 Å². The van der Waals surface area contributed by atoms with Crippen molar-refractivity contribution in [2.45, 2.75) is 64.8 Å². The van der Waals surface area contributed by atoms with E-state index in [1.54, 1.807) is 0 Å². The molecule has 0 aliphatic heterocycles. The van der Waals surface area contributed by atoms with Crippen LogP contribution in [0.25, 0.3) is 0 Å². The normalized spacial score (nSPS) is 12.4. The monoisotopic (exact) mass is 364 g/mol. The van der Waals surface area contributed by atoms with Gasteiger partial charge in [0.05, 0.1) is 48.9 Å². The van der Waals surface area contributed by atoms with Crippen molar-refractivity contribution in [2.24, 2.45) is 0 Å². The first-order valence-corrected chi connectivity index (χ1v) is 10.5. The molecule has 0 unspecified atom stereocenters. The summed E-state index contributed by atoms with van der Waals surface area (Å²) in [4.78, 5) is 0. The van der Waals surface area contributed by atoms with Crippen molar-refractivity contribution in [3.8, 4) is 5.75 Å². The molecule has 0 bridgehead atoms. The molecule has 0 aliphatic rings. The maximum atomic E-state index is 6.24. The molecule has 0 fully saturated rings. The van der Waals surface area contributed by atoms with Crippen LogP contribution in [0.1, 0.15) is 63.9 Å². The minimum absolute atomic E-state index is 0.818. The predicted octanol–water partition coefficient (Wildman–Crippen LogP) is 5.61. The fourth-order valence-electron chi connectivity index (χ4n) is 3.15. The number of ether oxygens (including phenoxy) is 1. The smallest absolute Gasteiger partial charge is 0.135 e. The van der Waals surface area contributed by atoms with Crippen LogP contribution in [-0.4, -0.2) is 53.4 Å². The number of quaternary nitrogens is 2. The number of rotatable bonds is 13. The Morgan fingerprint density at radius 2 is 1.35 bits per heavy atom. The Hall–Kier alpha value is -1.06. The number of benzene rings is 1. The predicted molar refractivity (Wildman–Crippen MR) is 116 cm³/mol. The molecule has 0 saturated carbocycles. The molecular weight excluding hydrogens is 320 g/mol. The zero-order valence-electron chi connectivity index (χ0n) is 18.6. The zero-order valence-corrected chi connectivity index (χ0v) is 18.6. The summed E-state index contributed by atoms with van der Waals surface area (Å²) >= 11 is 0. The Bertz CT molecular complexity index is 512. The highest BCUT2D eigenvalue weighted by Crippen LogP contribution is 2.29. The van der Waals surface area contributed by atoms with E-state index in [1.807, 2.05) is 0 Å². The molecule has 26 heavy (non-hydrogen) atoms. The van der Waals surface area contributed by atoms with Crippen molar-refractivity contribution >= 4 is 5.69 Å². The molecule has 150 valence electrons. The first-order chi connectivity index (χ1) is 12.1. The second-order valence-corrected chi connectivity index (χ2v) is 9.58. The van der Waals surface area contributed by atoms with Gasteiger partial charge in [0.25, 0.3) is 0 Å². The summed E-state index contributed by atoms with van der Waals surface area (Å²) in [5.74, 6) is 1.08. The summed E-state index contributed by atoms with van der Waals surface area (Å²) in [7, 11) is 13.3. The van der Waals surface area contributed by atoms with Crippen LogP contribution < -0.4 is 9.22 Å². The molecule has 0 radical (unpaired) electrons. The van der Waals surface area contributed by atoms with Crippen LogP contribution in [0.5, 0.6) is 5.75 Å². The summed E-state index contributed by atoms with van der Waals surface area (Å²) in [6.45, 7) is 4.10. The topological polar surface area (TPSA) is 9.23 Å². The van der Waals surface area contributed by atoms with Gasteiger partial charge in [-0.1, -0.05) is 51.9 Å². The van der Waals surface area contributed by atoms with Gasteiger partial charge < -0.3 is 9.22 Å². The summed E-state index contributed by atoms with van der Waals surface area (Å²) in [6, 6.07) is 6.75. The van der Waals surface area contributed by atoms with Gasteiger partial charge in [-0.15, -0.1) is 0 Å². The molecule has 3 nitrogen and oxygen atoms in total. The highest BCUT2D eigenvalue weighted by Gasteiger charge is 2.19. The minimum atomic E-state index is 0.818. The zero-order chi connectivity index (χ0) is 19.6. The molecule has 0 saturated heterocycles. The standard InChI is InChI=1S/C23H44N2O/c1-8-9-10-11-12-13-14-15-18-26-23-19-22(25(5,6)7)17-16-21(23)20-24(2,3)4/h16-17,19H,8-15,18,20H2,1-7H3/q+2. The van der Waals surface area contributed by atoms with Crippen molar-refractivity contribution < 1.29 is 9.22 Å². The lowest BCUT2D eigenvalue weighted by Gasteiger charge is -2.27. The summed E-state index contributed by atoms with van der Waals surface area (Å²) < 4.78 is 7.98. The first-order valence-electron chi connectivity index (χ1n) is 10.5. The SMILES string of the molecule is CCCCCCCCCCOc1cc([N+](C)(C)C)ccc1C[N+](C)(C)C. The Kier molecular flexibility index (Phi) is 9.67. The largest absolute Gasteiger partial charge is 0.493 e. The lowest BCUT2D eigenvalue weighted by molar-refractivity contribution is -0.884. The van der Waals surface area contributed by atoms with Crippen LogP contribution in [-0.2, 0) is 6.54 Å². The van der Waals surface area contributed by atoms with Gasteiger partial charge in [-0.05, 0) is 18.6 Å². The van der Waals surface area contributed by atoms with E-state index >= 15 is 0 Å². The van der Waals surface area contributed by atoms with E-state index in [-0.39, 0.29) is 0 Å². The Morgan fingerprint density at radius 1 is 0.769 bits per heavy atom. The lowest BCUT2D eigenvalue weighted by atomic mass is 10.1. The van der Waals surface area contributed by atoms with Crippen molar-refractivity contribution in [3.05, 3.63) is 23.8 Å². The van der Waals surface area contributed by atoms with Crippen LogP contribution in [0.4, 0.5) is 5.69 Å². The third kappa shape index (κ3) is 9.59. The molecule has 0 amide bonds. The second kappa shape index (κ2) is 10.9. The second-order valence-electron chi connectivity index (χ2n) is 9.58. The third-order valence-corrected chi connectivity index (χ3v) is 4.73. The fraction of sp³-hybridized carbons (Fsp3) is 0.739. The van der Waals surface area contributed by atoms with E-state index in [0.29, 0.717) is 0 Å². The quantitative estimate of drug-likeness (QED) is 0.326. The summed E-state index contributed by atoms with van der Waals surface area (Å²) in [5.41, 5.74) is 2.61. The third-order valence-electron chi connectivity index (χ3n) is 4.73. The highest BCUT2D eigenvalue weighted by atomic mass is 16.5. The van der Waals surface area contributed by atoms with Gasteiger partial charge in [-0.3, -0.25) is 4.48 Å². The number of hydrogen-bond donors (Lipinski definition) is 0. The molecule has 0 atom stereocenters. The van der Waals surface area contributed by atoms with E-state index in [1.165, 1.54) is 56.2 Å². The van der Waals surface area contributed by atoms with Gasteiger partial charge in [-0.25, -0.2) is 0 Å². The Balaban J connectivity index is 2.54. The molecule has 0 N–H and O–H groups in total. The van der Waals surface area contributed by atoms with Crippen molar-refractivity contribution in [2.75, 3.05) is 48.9 Å². The fourth-order valence-corrected chi connectivity index (χ4v) is 3.15. The molecule has 0 spiro atoms. The van der Waals surface area contributed by atoms with Gasteiger partial charge in [0, 0.05) is 11.6 Å². The van der Waals surface area contributed by atoms with E-state index in [0.717, 1.165) is 34.3 Å². The number of nitrogens with zero attached hydrogens (tertiary/aromatic N) is 2. The highest BCUT2D eigenvalue weighted by molar-refractivity contribution is 5.50. The molecule has 0 aromatic heterocycles. The summed E-state index contributed by atoms with van der Waals surface area (Å²) in [5, 5.41) is 0. The molecular formula is C23H44N2O+2. The molecule has 3 heteroatoms. The maximum Gasteiger partial charge on any atom is 0.135 e. The van der Waals surface area contributed by atoms with Crippen molar-refractivity contribution in [3.63, 3.8) is 0 Å². The summed E-state index contributed by atoms with van der Waals surface area (Å²) in [6.07, 6.45) is 10.7. The average Bonchev–Trinajstić information content (AvgIpc) is 2.52. The lowest BCUT2D eigenvalue weighted by Crippen LogP contribution is -2.35. The Labute approximate surface area is 163 Å². The van der Waals surface area contributed by atoms with Crippen LogP contribution in [0.2, 0.25) is 0 Å². The average molecular weight is 365 g/mol. The van der Waals surface area contributed by atoms with E-state index in [2.05, 4.69) is 67.4 Å². The molecule has 1 rings (SSSR count). The van der Waals surface area contributed by atoms with E-state index in [9.17, 15) is 0 Å². The van der Waals surface area contributed by atoms with Gasteiger partial charge in [0.2, 0.25) is 0 Å². The number of unbranched alkanes of at least 4 members (excludes halogenated alkanes) is 7. The van der Waals surface area contributed by atoms with Crippen LogP contribution in [0.15, 0.2) is 18.2 Å². The molecule has 0 heterocycles. The molecule has 0 aliphatic carbocycles. The van der Waals surface area contributed by atoms with E-state index in [4.69, 9.17) is 4.74 Å². The van der Waals surface area contributed by atoms with Crippen molar-refractivity contribution in [1.82, 2.24) is 4.48 Å². The van der Waals surface area contributed by atoms with Crippen LogP contribution in [0.3, 0.4) is 0 Å². The van der Waals surface area contributed by atoms with Crippen LogP contribution in [0, 0.1) is 0 Å². The van der Waals surface area contributed by atoms with Crippen LogP contribution >= 0.6 is 0 Å². The Morgan fingerprint density at radius 3 is 1.88 bits per heavy atom. The molecule has 1 aromatic rings. The van der Waals surface area contributed by atoms with Gasteiger partial charge >= 0.3 is 0 Å². The van der Waals surface area contributed by atoms with E-state index < -0.39 is 0 Å². The molecule has 1 aromatic carbocycles. The first kappa shape index (κ1) is 23.0. The maximum absolute atomic E-state index is 6.24. The number of hydrogen-bond acceptors (Lipinski definition) is 1.